The van der Waals surface area contributed by atoms with E-state index < -0.39 is 5.97 Å². The van der Waals surface area contributed by atoms with Crippen molar-refractivity contribution in [2.45, 2.75) is 19.4 Å². The number of rotatable bonds is 9. The van der Waals surface area contributed by atoms with Crippen molar-refractivity contribution in [1.82, 2.24) is 10.3 Å². The third-order valence-corrected chi connectivity index (χ3v) is 4.17. The van der Waals surface area contributed by atoms with E-state index in [1.165, 1.54) is 0 Å². The smallest absolute Gasteiger partial charge is 0.306 e. The lowest BCUT2D eigenvalue weighted by Gasteiger charge is -2.07. The number of hydrogen-bond donors (Lipinski definition) is 1. The van der Waals surface area contributed by atoms with Gasteiger partial charge in [0.25, 0.3) is 5.91 Å². The second kappa shape index (κ2) is 10.1. The zero-order valence-corrected chi connectivity index (χ0v) is 16.1. The first kappa shape index (κ1) is 20.1. The van der Waals surface area contributed by atoms with Crippen molar-refractivity contribution < 1.29 is 23.5 Å². The van der Waals surface area contributed by atoms with Crippen LogP contribution in [0.4, 0.5) is 0 Å². The maximum Gasteiger partial charge on any atom is 0.306 e. The first-order valence-corrected chi connectivity index (χ1v) is 9.19. The first-order valence-electron chi connectivity index (χ1n) is 9.19. The van der Waals surface area contributed by atoms with Gasteiger partial charge in [-0.1, -0.05) is 42.5 Å². The van der Waals surface area contributed by atoms with E-state index in [0.29, 0.717) is 24.6 Å². The highest BCUT2D eigenvalue weighted by Crippen LogP contribution is 2.20. The highest BCUT2D eigenvalue weighted by Gasteiger charge is 2.11. The van der Waals surface area contributed by atoms with Crippen LogP contribution in [0.25, 0.3) is 11.3 Å². The number of carbonyl (C=O) groups is 2. The van der Waals surface area contributed by atoms with Crippen molar-refractivity contribution in [3.05, 3.63) is 72.2 Å². The first-order chi connectivity index (χ1) is 14.1. The molecule has 1 N–H and O–H groups in total. The van der Waals surface area contributed by atoms with Crippen LogP contribution >= 0.6 is 0 Å². The second-order valence-electron chi connectivity index (χ2n) is 6.27. The Labute approximate surface area is 168 Å². The third-order valence-electron chi connectivity index (χ3n) is 4.17. The molecular weight excluding hydrogens is 372 g/mol. The largest absolute Gasteiger partial charge is 0.497 e. The van der Waals surface area contributed by atoms with Gasteiger partial charge in [-0.15, -0.1) is 0 Å². The van der Waals surface area contributed by atoms with Crippen molar-refractivity contribution in [3.63, 3.8) is 0 Å². The quantitative estimate of drug-likeness (QED) is 0.561. The lowest BCUT2D eigenvalue weighted by atomic mass is 10.2. The van der Waals surface area contributed by atoms with E-state index in [-0.39, 0.29) is 18.9 Å². The van der Waals surface area contributed by atoms with Gasteiger partial charge in [0.1, 0.15) is 5.75 Å². The molecule has 0 spiro atoms. The number of ether oxygens (including phenoxy) is 2. The zero-order valence-electron chi connectivity index (χ0n) is 16.1. The topological polar surface area (TPSA) is 90.7 Å². The van der Waals surface area contributed by atoms with Gasteiger partial charge >= 0.3 is 5.97 Å². The molecule has 0 aliphatic heterocycles. The fraction of sp³-hybridized carbons (Fsp3) is 0.227. The molecule has 1 heterocycles. The standard InChI is InChI=1S/C22H22N2O5/c1-27-18-9-7-16(8-10-18)13-23-20(25)15-28-22(26)12-11-21-24-14-19(29-21)17-5-3-2-4-6-17/h2-10,14H,11-13,15H2,1H3,(H,23,25). The van der Waals surface area contributed by atoms with Crippen LogP contribution in [0.3, 0.4) is 0 Å². The predicted octanol–water partition coefficient (Wildman–Crippen LogP) is 3.14. The van der Waals surface area contributed by atoms with Crippen LogP contribution in [0.1, 0.15) is 17.9 Å². The van der Waals surface area contributed by atoms with E-state index in [4.69, 9.17) is 13.9 Å². The molecule has 0 aliphatic carbocycles. The normalized spacial score (nSPS) is 10.4. The van der Waals surface area contributed by atoms with Gasteiger partial charge in [0.05, 0.1) is 19.7 Å². The Bertz CT molecular complexity index is 935. The van der Waals surface area contributed by atoms with E-state index in [1.54, 1.807) is 13.3 Å². The molecule has 0 radical (unpaired) electrons. The molecule has 0 fully saturated rings. The molecule has 7 heteroatoms. The second-order valence-corrected chi connectivity index (χ2v) is 6.27. The number of methoxy groups -OCH3 is 1. The summed E-state index contributed by atoms with van der Waals surface area (Å²) in [7, 11) is 1.59. The molecule has 0 atom stereocenters. The minimum atomic E-state index is -0.482. The Morgan fingerprint density at radius 3 is 2.55 bits per heavy atom. The summed E-state index contributed by atoms with van der Waals surface area (Å²) in [5.74, 6) is 0.994. The number of amides is 1. The Morgan fingerprint density at radius 1 is 1.07 bits per heavy atom. The zero-order chi connectivity index (χ0) is 20.5. The van der Waals surface area contributed by atoms with Gasteiger partial charge in [-0.2, -0.15) is 0 Å². The molecule has 0 aliphatic rings. The minimum Gasteiger partial charge on any atom is -0.497 e. The Hall–Kier alpha value is -3.61. The van der Waals surface area contributed by atoms with E-state index >= 15 is 0 Å². The molecule has 1 aromatic heterocycles. The Kier molecular flexibility index (Phi) is 7.00. The average molecular weight is 394 g/mol. The fourth-order valence-electron chi connectivity index (χ4n) is 2.58. The van der Waals surface area contributed by atoms with Crippen LogP contribution < -0.4 is 10.1 Å². The molecule has 29 heavy (non-hydrogen) atoms. The van der Waals surface area contributed by atoms with Crippen molar-refractivity contribution in [1.29, 1.82) is 0 Å². The van der Waals surface area contributed by atoms with Gasteiger partial charge in [0, 0.05) is 18.5 Å². The molecule has 150 valence electrons. The highest BCUT2D eigenvalue weighted by molar-refractivity contribution is 5.80. The molecule has 2 aromatic carbocycles. The number of aryl methyl sites for hydroxylation is 1. The summed E-state index contributed by atoms with van der Waals surface area (Å²) in [5.41, 5.74) is 1.84. The molecule has 0 unspecified atom stereocenters. The molecule has 3 rings (SSSR count). The summed E-state index contributed by atoms with van der Waals surface area (Å²) in [5, 5.41) is 2.70. The van der Waals surface area contributed by atoms with Crippen LogP contribution in [0.15, 0.2) is 65.2 Å². The van der Waals surface area contributed by atoms with Crippen LogP contribution in [0, 0.1) is 0 Å². The summed E-state index contributed by atoms with van der Waals surface area (Å²) >= 11 is 0. The lowest BCUT2D eigenvalue weighted by molar-refractivity contribution is -0.148. The van der Waals surface area contributed by atoms with Gasteiger partial charge < -0.3 is 19.2 Å². The van der Waals surface area contributed by atoms with Crippen LogP contribution in [-0.4, -0.2) is 30.6 Å². The number of benzene rings is 2. The lowest BCUT2D eigenvalue weighted by Crippen LogP contribution is -2.28. The van der Waals surface area contributed by atoms with Crippen molar-refractivity contribution in [2.75, 3.05) is 13.7 Å². The summed E-state index contributed by atoms with van der Waals surface area (Å²) in [6.45, 7) is 0.0226. The van der Waals surface area contributed by atoms with Gasteiger partial charge in [0.2, 0.25) is 0 Å². The summed E-state index contributed by atoms with van der Waals surface area (Å²) in [6.07, 6.45) is 2.02. The van der Waals surface area contributed by atoms with Gasteiger partial charge in [-0.3, -0.25) is 9.59 Å². The van der Waals surface area contributed by atoms with E-state index in [2.05, 4.69) is 10.3 Å². The van der Waals surface area contributed by atoms with Crippen molar-refractivity contribution in [3.8, 4) is 17.1 Å². The van der Waals surface area contributed by atoms with Crippen LogP contribution in [-0.2, 0) is 27.3 Å². The van der Waals surface area contributed by atoms with Gasteiger partial charge in [-0.25, -0.2) is 4.98 Å². The van der Waals surface area contributed by atoms with Gasteiger partial charge in [-0.05, 0) is 17.7 Å². The van der Waals surface area contributed by atoms with Crippen molar-refractivity contribution >= 4 is 11.9 Å². The third kappa shape index (κ3) is 6.21. The van der Waals surface area contributed by atoms with Gasteiger partial charge in [0.15, 0.2) is 18.3 Å². The van der Waals surface area contributed by atoms with Crippen LogP contribution in [0.5, 0.6) is 5.75 Å². The number of aromatic nitrogens is 1. The minimum absolute atomic E-state index is 0.0838. The fourth-order valence-corrected chi connectivity index (χ4v) is 2.58. The van der Waals surface area contributed by atoms with Crippen LogP contribution in [0.2, 0.25) is 0 Å². The molecule has 0 bridgehead atoms. The monoisotopic (exact) mass is 394 g/mol. The number of carbonyl (C=O) groups excluding carboxylic acids is 2. The Balaban J connectivity index is 1.36. The molecule has 3 aromatic rings. The summed E-state index contributed by atoms with van der Waals surface area (Å²) < 4.78 is 15.7. The van der Waals surface area contributed by atoms with E-state index in [1.807, 2.05) is 54.6 Å². The summed E-state index contributed by atoms with van der Waals surface area (Å²) in [6, 6.07) is 16.9. The summed E-state index contributed by atoms with van der Waals surface area (Å²) in [4.78, 5) is 27.9. The SMILES string of the molecule is COc1ccc(CNC(=O)COC(=O)CCc2ncc(-c3ccccc3)o2)cc1. The predicted molar refractivity (Wildman–Crippen MR) is 106 cm³/mol. The molecule has 0 saturated heterocycles. The number of hydrogen-bond acceptors (Lipinski definition) is 6. The highest BCUT2D eigenvalue weighted by atomic mass is 16.5. The molecule has 7 nitrogen and oxygen atoms in total. The average Bonchev–Trinajstić information content (AvgIpc) is 3.25. The number of esters is 1. The number of oxazole rings is 1. The maximum absolute atomic E-state index is 11.9. The molecule has 0 saturated carbocycles. The molecule has 1 amide bonds. The number of nitrogens with zero attached hydrogens (tertiary/aromatic N) is 1. The maximum atomic E-state index is 11.9. The van der Waals surface area contributed by atoms with E-state index in [0.717, 1.165) is 16.9 Å². The Morgan fingerprint density at radius 2 is 1.83 bits per heavy atom. The van der Waals surface area contributed by atoms with E-state index in [9.17, 15) is 9.59 Å². The number of nitrogens with one attached hydrogen (secondary N) is 1. The molecular formula is C22H22N2O5. The van der Waals surface area contributed by atoms with Crippen molar-refractivity contribution in [2.24, 2.45) is 0 Å².